The summed E-state index contributed by atoms with van der Waals surface area (Å²) in [5, 5.41) is 0. The van der Waals surface area contributed by atoms with E-state index in [0.29, 0.717) is 0 Å². The van der Waals surface area contributed by atoms with Crippen LogP contribution < -0.4 is 0 Å². The molecule has 0 bridgehead atoms. The highest BCUT2D eigenvalue weighted by Gasteiger charge is 2.04. The molecule has 0 aliphatic rings. The third-order valence-corrected chi connectivity index (χ3v) is 9.93. The maximum absolute atomic E-state index is 2.64. The molecule has 0 fully saturated rings. The van der Waals surface area contributed by atoms with Crippen LogP contribution in [0.3, 0.4) is 0 Å². The average Bonchev–Trinajstić information content (AvgIpc) is 3.17. The van der Waals surface area contributed by atoms with Crippen LogP contribution in [-0.2, 0) is 0 Å². The van der Waals surface area contributed by atoms with Crippen molar-refractivity contribution in [1.82, 2.24) is 19.6 Å². The van der Waals surface area contributed by atoms with E-state index in [9.17, 15) is 0 Å². The van der Waals surface area contributed by atoms with Gasteiger partial charge in [0.05, 0.1) is 0 Å². The van der Waals surface area contributed by atoms with E-state index in [2.05, 4.69) is 103 Å². The highest BCUT2D eigenvalue weighted by atomic mass is 15.1. The van der Waals surface area contributed by atoms with Crippen molar-refractivity contribution in [3.8, 4) is 0 Å². The fourth-order valence-electron chi connectivity index (χ4n) is 5.92. The summed E-state index contributed by atoms with van der Waals surface area (Å²) in [5.74, 6) is 0. The van der Waals surface area contributed by atoms with Gasteiger partial charge in [0.25, 0.3) is 0 Å². The smallest absolute Gasteiger partial charge is 0.00188 e. The molecule has 0 aromatic carbocycles. The van der Waals surface area contributed by atoms with Crippen LogP contribution in [-0.4, -0.2) is 98.1 Å². The fraction of sp³-hybridized carbons (Fsp3) is 1.00. The standard InChI is InChI=1S/4C12H27N/c4*1-4-7-10-13(11-8-5-2)12-9-6-3/h4*4-12H2,1-3H3. The first-order valence-corrected chi connectivity index (χ1v) is 24.3. The Morgan fingerprint density at radius 3 is 0.288 bits per heavy atom. The molecule has 0 aromatic rings. The van der Waals surface area contributed by atoms with E-state index < -0.39 is 0 Å². The molecule has 0 rings (SSSR count). The van der Waals surface area contributed by atoms with Crippen LogP contribution in [0, 0.1) is 0 Å². The Hall–Kier alpha value is -0.160. The van der Waals surface area contributed by atoms with Crippen molar-refractivity contribution in [3.05, 3.63) is 0 Å². The van der Waals surface area contributed by atoms with Gasteiger partial charge in [-0.05, 0) is 156 Å². The second kappa shape index (κ2) is 55.2. The van der Waals surface area contributed by atoms with Gasteiger partial charge in [0.1, 0.15) is 0 Å². The summed E-state index contributed by atoms with van der Waals surface area (Å²) >= 11 is 0. The van der Waals surface area contributed by atoms with Crippen molar-refractivity contribution in [3.63, 3.8) is 0 Å². The number of rotatable bonds is 36. The first-order chi connectivity index (χ1) is 25.4. The molecule has 0 atom stereocenters. The lowest BCUT2D eigenvalue weighted by molar-refractivity contribution is 0.261. The molecule has 0 heterocycles. The number of nitrogens with zero attached hydrogens (tertiary/aromatic N) is 4. The van der Waals surface area contributed by atoms with Crippen LogP contribution in [0.15, 0.2) is 0 Å². The van der Waals surface area contributed by atoms with Crippen LogP contribution in [0.25, 0.3) is 0 Å². The molecule has 0 aliphatic carbocycles. The molecular formula is C48H108N4. The Kier molecular flexibility index (Phi) is 62.1. The van der Waals surface area contributed by atoms with E-state index in [4.69, 9.17) is 0 Å². The van der Waals surface area contributed by atoms with Gasteiger partial charge in [-0.3, -0.25) is 0 Å². The van der Waals surface area contributed by atoms with Crippen molar-refractivity contribution >= 4 is 0 Å². The molecule has 0 aliphatic heterocycles. The zero-order valence-electron chi connectivity index (χ0n) is 39.2. The maximum Gasteiger partial charge on any atom is -0.00188 e. The minimum atomic E-state index is 1.32. The van der Waals surface area contributed by atoms with Gasteiger partial charge in [-0.25, -0.2) is 0 Å². The minimum absolute atomic E-state index is 1.32. The summed E-state index contributed by atoms with van der Waals surface area (Å²) in [5.41, 5.74) is 0. The third kappa shape index (κ3) is 51.9. The van der Waals surface area contributed by atoms with Crippen molar-refractivity contribution in [2.45, 2.75) is 237 Å². The molecule has 0 spiro atoms. The van der Waals surface area contributed by atoms with Gasteiger partial charge >= 0.3 is 0 Å². The zero-order valence-corrected chi connectivity index (χ0v) is 39.2. The van der Waals surface area contributed by atoms with Gasteiger partial charge in [0.15, 0.2) is 0 Å². The van der Waals surface area contributed by atoms with Crippen molar-refractivity contribution < 1.29 is 0 Å². The van der Waals surface area contributed by atoms with E-state index in [-0.39, 0.29) is 0 Å². The summed E-state index contributed by atoms with van der Waals surface area (Å²) in [7, 11) is 0. The average molecular weight is 741 g/mol. The van der Waals surface area contributed by atoms with Crippen LogP contribution in [0.1, 0.15) is 237 Å². The molecule has 0 N–H and O–H groups in total. The molecule has 0 amide bonds. The Balaban J connectivity index is -0.000000295. The Morgan fingerprint density at radius 1 is 0.154 bits per heavy atom. The second-order valence-electron chi connectivity index (χ2n) is 15.6. The molecule has 0 radical (unpaired) electrons. The zero-order chi connectivity index (χ0) is 39.8. The Labute approximate surface area is 334 Å². The number of hydrogen-bond acceptors (Lipinski definition) is 4. The first kappa shape index (κ1) is 58.5. The molecule has 0 aromatic heterocycles. The quantitative estimate of drug-likeness (QED) is 0.0634. The lowest BCUT2D eigenvalue weighted by Crippen LogP contribution is -2.27. The predicted octanol–water partition coefficient (Wildman–Crippen LogP) is 14.8. The summed E-state index contributed by atoms with van der Waals surface area (Å²) in [6.07, 6.45) is 32.4. The van der Waals surface area contributed by atoms with Gasteiger partial charge in [-0.15, -0.1) is 0 Å². The third-order valence-electron chi connectivity index (χ3n) is 9.93. The second-order valence-corrected chi connectivity index (χ2v) is 15.6. The largest absolute Gasteiger partial charge is 0.303 e. The van der Waals surface area contributed by atoms with Crippen molar-refractivity contribution in [2.24, 2.45) is 0 Å². The molecular weight excluding hydrogens is 633 g/mol. The summed E-state index contributed by atoms with van der Waals surface area (Å²) in [4.78, 5) is 10.5. The maximum atomic E-state index is 2.64. The van der Waals surface area contributed by atoms with Gasteiger partial charge < -0.3 is 19.6 Å². The van der Waals surface area contributed by atoms with Crippen LogP contribution >= 0.6 is 0 Å². The van der Waals surface area contributed by atoms with Gasteiger partial charge in [0, 0.05) is 0 Å². The normalized spacial score (nSPS) is 11.1. The monoisotopic (exact) mass is 741 g/mol. The van der Waals surface area contributed by atoms with E-state index in [1.54, 1.807) is 0 Å². The van der Waals surface area contributed by atoms with Crippen molar-refractivity contribution in [1.29, 1.82) is 0 Å². The van der Waals surface area contributed by atoms with Gasteiger partial charge in [-0.2, -0.15) is 0 Å². The van der Waals surface area contributed by atoms with E-state index in [0.717, 1.165) is 0 Å². The molecule has 4 nitrogen and oxygen atoms in total. The molecule has 0 unspecified atom stereocenters. The summed E-state index contributed by atoms with van der Waals surface area (Å²) in [6, 6.07) is 0. The molecule has 4 heteroatoms. The SMILES string of the molecule is CCCCN(CCCC)CCCC.CCCCN(CCCC)CCCC.CCCCN(CCCC)CCCC.CCCCN(CCCC)CCCC. The van der Waals surface area contributed by atoms with E-state index >= 15 is 0 Å². The van der Waals surface area contributed by atoms with E-state index in [1.807, 2.05) is 0 Å². The predicted molar refractivity (Wildman–Crippen MR) is 245 cm³/mol. The highest BCUT2D eigenvalue weighted by Crippen LogP contribution is 2.04. The molecule has 52 heavy (non-hydrogen) atoms. The number of hydrogen-bond donors (Lipinski definition) is 0. The fourth-order valence-corrected chi connectivity index (χ4v) is 5.92. The molecule has 320 valence electrons. The number of unbranched alkanes of at least 4 members (excludes halogenated alkanes) is 12. The van der Waals surface area contributed by atoms with Crippen LogP contribution in [0.2, 0.25) is 0 Å². The van der Waals surface area contributed by atoms with E-state index in [1.165, 1.54) is 233 Å². The van der Waals surface area contributed by atoms with Gasteiger partial charge in [0.2, 0.25) is 0 Å². The minimum Gasteiger partial charge on any atom is -0.303 e. The lowest BCUT2D eigenvalue weighted by atomic mass is 10.2. The molecule has 0 saturated heterocycles. The summed E-state index contributed by atoms with van der Waals surface area (Å²) < 4.78 is 0. The van der Waals surface area contributed by atoms with Crippen LogP contribution in [0.5, 0.6) is 0 Å². The van der Waals surface area contributed by atoms with Crippen molar-refractivity contribution in [2.75, 3.05) is 78.5 Å². The Bertz CT molecular complexity index is 384. The summed E-state index contributed by atoms with van der Waals surface area (Å²) in [6.45, 7) is 43.1. The highest BCUT2D eigenvalue weighted by molar-refractivity contribution is 4.60. The Morgan fingerprint density at radius 2 is 0.231 bits per heavy atom. The van der Waals surface area contributed by atoms with Gasteiger partial charge in [-0.1, -0.05) is 160 Å². The topological polar surface area (TPSA) is 13.0 Å². The lowest BCUT2D eigenvalue weighted by Gasteiger charge is -2.21. The van der Waals surface area contributed by atoms with Crippen LogP contribution in [0.4, 0.5) is 0 Å². The molecule has 0 saturated carbocycles. The first-order valence-electron chi connectivity index (χ1n) is 24.3.